The number of hydrogen-bond donors (Lipinski definition) is 1. The number of halogens is 1. The lowest BCUT2D eigenvalue weighted by molar-refractivity contribution is -0.0336. The third kappa shape index (κ3) is 4.30. The molecule has 0 aromatic heterocycles. The smallest absolute Gasteiger partial charge is 0.410 e. The van der Waals surface area contributed by atoms with Gasteiger partial charge in [-0.15, -0.1) is 12.4 Å². The summed E-state index contributed by atoms with van der Waals surface area (Å²) in [6.45, 7) is 8.91. The largest absolute Gasteiger partial charge is 0.444 e. The molecule has 6 heteroatoms. The van der Waals surface area contributed by atoms with E-state index in [9.17, 15) is 4.79 Å². The van der Waals surface area contributed by atoms with Crippen molar-refractivity contribution in [3.63, 3.8) is 0 Å². The maximum absolute atomic E-state index is 11.8. The Morgan fingerprint density at radius 3 is 2.44 bits per heavy atom. The average molecular weight is 279 g/mol. The van der Waals surface area contributed by atoms with E-state index in [1.165, 1.54) is 0 Å². The van der Waals surface area contributed by atoms with Crippen LogP contribution in [0.1, 0.15) is 27.2 Å². The van der Waals surface area contributed by atoms with Crippen LogP contribution in [0.3, 0.4) is 0 Å². The zero-order valence-corrected chi connectivity index (χ0v) is 12.1. The Morgan fingerprint density at radius 1 is 1.28 bits per heavy atom. The van der Waals surface area contributed by atoms with Crippen molar-refractivity contribution >= 4 is 18.5 Å². The van der Waals surface area contributed by atoms with Gasteiger partial charge in [0.05, 0.1) is 18.8 Å². The molecule has 0 saturated carbocycles. The summed E-state index contributed by atoms with van der Waals surface area (Å²) in [6, 6.07) is 0. The highest BCUT2D eigenvalue weighted by Crippen LogP contribution is 2.18. The first-order valence-corrected chi connectivity index (χ1v) is 6.28. The van der Waals surface area contributed by atoms with Crippen molar-refractivity contribution in [3.8, 4) is 0 Å². The molecule has 2 aliphatic rings. The summed E-state index contributed by atoms with van der Waals surface area (Å²) in [6.07, 6.45) is 1.19. The molecule has 5 nitrogen and oxygen atoms in total. The van der Waals surface area contributed by atoms with Crippen LogP contribution >= 0.6 is 12.4 Å². The van der Waals surface area contributed by atoms with Gasteiger partial charge in [-0.1, -0.05) is 0 Å². The van der Waals surface area contributed by atoms with Crippen LogP contribution < -0.4 is 5.32 Å². The second kappa shape index (κ2) is 6.08. The Balaban J connectivity index is 0.00000162. The highest BCUT2D eigenvalue weighted by atomic mass is 35.5. The lowest BCUT2D eigenvalue weighted by Gasteiger charge is -2.30. The molecular formula is C12H23ClN2O3. The zero-order valence-electron chi connectivity index (χ0n) is 11.3. The fourth-order valence-electron chi connectivity index (χ4n) is 1.96. The van der Waals surface area contributed by atoms with Crippen LogP contribution in [0.15, 0.2) is 0 Å². The minimum absolute atomic E-state index is 0. The van der Waals surface area contributed by atoms with Crippen LogP contribution in [-0.4, -0.2) is 55.0 Å². The quantitative estimate of drug-likeness (QED) is 0.830. The fourth-order valence-corrected chi connectivity index (χ4v) is 1.96. The van der Waals surface area contributed by atoms with Crippen molar-refractivity contribution in [2.24, 2.45) is 0 Å². The molecule has 0 bridgehead atoms. The fraction of sp³-hybridized carbons (Fsp3) is 0.917. The summed E-state index contributed by atoms with van der Waals surface area (Å²) in [5.74, 6) is 0. The molecule has 2 fully saturated rings. The molecule has 0 radical (unpaired) electrons. The molecule has 2 aliphatic heterocycles. The van der Waals surface area contributed by atoms with E-state index >= 15 is 0 Å². The number of nitrogens with zero attached hydrogens (tertiary/aromatic N) is 1. The van der Waals surface area contributed by atoms with E-state index in [1.54, 1.807) is 4.90 Å². The zero-order chi connectivity index (χ0) is 12.5. The van der Waals surface area contributed by atoms with Gasteiger partial charge < -0.3 is 19.7 Å². The van der Waals surface area contributed by atoms with Crippen LogP contribution in [0.4, 0.5) is 4.79 Å². The Labute approximate surface area is 115 Å². The summed E-state index contributed by atoms with van der Waals surface area (Å²) in [5, 5.41) is 3.17. The third-order valence-electron chi connectivity index (χ3n) is 2.93. The number of amides is 1. The van der Waals surface area contributed by atoms with Gasteiger partial charge in [0.1, 0.15) is 5.60 Å². The molecule has 1 unspecified atom stereocenters. The predicted octanol–water partition coefficient (Wildman–Crippen LogP) is 1.41. The van der Waals surface area contributed by atoms with Crippen molar-refractivity contribution < 1.29 is 14.3 Å². The molecule has 0 aromatic carbocycles. The van der Waals surface area contributed by atoms with E-state index < -0.39 is 5.60 Å². The number of nitrogens with one attached hydrogen (secondary N) is 1. The van der Waals surface area contributed by atoms with Crippen LogP contribution in [0, 0.1) is 0 Å². The molecule has 0 spiro atoms. The van der Waals surface area contributed by atoms with Gasteiger partial charge in [-0.3, -0.25) is 0 Å². The van der Waals surface area contributed by atoms with Gasteiger partial charge in [-0.25, -0.2) is 4.79 Å². The van der Waals surface area contributed by atoms with Crippen molar-refractivity contribution in [1.82, 2.24) is 10.2 Å². The summed E-state index contributed by atoms with van der Waals surface area (Å²) < 4.78 is 11.2. The van der Waals surface area contributed by atoms with Crippen molar-refractivity contribution in [2.45, 2.75) is 45.0 Å². The molecule has 2 heterocycles. The first-order chi connectivity index (χ1) is 7.94. The van der Waals surface area contributed by atoms with Gasteiger partial charge >= 0.3 is 6.09 Å². The van der Waals surface area contributed by atoms with Crippen LogP contribution in [0.5, 0.6) is 0 Å². The van der Waals surface area contributed by atoms with Crippen LogP contribution in [0.25, 0.3) is 0 Å². The maximum atomic E-state index is 11.8. The van der Waals surface area contributed by atoms with Gasteiger partial charge in [0.25, 0.3) is 0 Å². The number of rotatable bonds is 2. The summed E-state index contributed by atoms with van der Waals surface area (Å²) >= 11 is 0. The summed E-state index contributed by atoms with van der Waals surface area (Å²) in [5.41, 5.74) is -0.423. The van der Waals surface area contributed by atoms with Gasteiger partial charge in [0, 0.05) is 19.6 Å². The number of ether oxygens (including phenoxy) is 2. The first kappa shape index (κ1) is 15.5. The number of hydrogen-bond acceptors (Lipinski definition) is 4. The van der Waals surface area contributed by atoms with E-state index in [1.807, 2.05) is 20.8 Å². The molecule has 2 saturated heterocycles. The molecule has 1 amide bonds. The molecule has 1 N–H and O–H groups in total. The summed E-state index contributed by atoms with van der Waals surface area (Å²) in [7, 11) is 0. The molecule has 1 atom stereocenters. The van der Waals surface area contributed by atoms with Gasteiger partial charge in [-0.05, 0) is 27.2 Å². The van der Waals surface area contributed by atoms with Crippen LogP contribution in [-0.2, 0) is 9.47 Å². The second-order valence-electron chi connectivity index (χ2n) is 5.75. The lowest BCUT2D eigenvalue weighted by Crippen LogP contribution is -2.50. The van der Waals surface area contributed by atoms with Crippen molar-refractivity contribution in [1.29, 1.82) is 0 Å². The first-order valence-electron chi connectivity index (χ1n) is 6.28. The van der Waals surface area contributed by atoms with E-state index in [2.05, 4.69) is 5.32 Å². The topological polar surface area (TPSA) is 50.8 Å². The van der Waals surface area contributed by atoms with Crippen molar-refractivity contribution in [3.05, 3.63) is 0 Å². The maximum Gasteiger partial charge on any atom is 0.410 e. The lowest BCUT2D eigenvalue weighted by atomic mass is 10.2. The number of likely N-dealkylation sites (tertiary alicyclic amines) is 1. The summed E-state index contributed by atoms with van der Waals surface area (Å²) in [4.78, 5) is 13.5. The molecule has 0 aromatic rings. The highest BCUT2D eigenvalue weighted by molar-refractivity contribution is 5.85. The Bertz CT molecular complexity index is 290. The van der Waals surface area contributed by atoms with E-state index in [0.29, 0.717) is 12.6 Å². The minimum Gasteiger partial charge on any atom is -0.444 e. The molecule has 18 heavy (non-hydrogen) atoms. The molecular weight excluding hydrogens is 256 g/mol. The average Bonchev–Trinajstić information content (AvgIpc) is 2.56. The van der Waals surface area contributed by atoms with Gasteiger partial charge in [0.15, 0.2) is 0 Å². The van der Waals surface area contributed by atoms with Crippen molar-refractivity contribution in [2.75, 3.05) is 26.2 Å². The van der Waals surface area contributed by atoms with E-state index in [0.717, 1.165) is 26.1 Å². The third-order valence-corrected chi connectivity index (χ3v) is 2.93. The predicted molar refractivity (Wildman–Crippen MR) is 71.2 cm³/mol. The number of carbonyl (C=O) groups is 1. The SMILES string of the molecule is CC(C)(C)OC(=O)N1CCC(OC2CNC2)C1.Cl. The second-order valence-corrected chi connectivity index (χ2v) is 5.75. The van der Waals surface area contributed by atoms with E-state index in [-0.39, 0.29) is 24.6 Å². The Hall–Kier alpha value is -0.520. The Morgan fingerprint density at radius 2 is 1.94 bits per heavy atom. The Kier molecular flexibility index (Phi) is 5.25. The minimum atomic E-state index is -0.423. The highest BCUT2D eigenvalue weighted by Gasteiger charge is 2.32. The molecule has 106 valence electrons. The molecule has 2 rings (SSSR count). The molecule has 0 aliphatic carbocycles. The van der Waals surface area contributed by atoms with Gasteiger partial charge in [-0.2, -0.15) is 0 Å². The number of carbonyl (C=O) groups excluding carboxylic acids is 1. The van der Waals surface area contributed by atoms with E-state index in [4.69, 9.17) is 9.47 Å². The van der Waals surface area contributed by atoms with Crippen LogP contribution in [0.2, 0.25) is 0 Å². The standard InChI is InChI=1S/C12H22N2O3.ClH/c1-12(2,3)17-11(15)14-5-4-9(8-14)16-10-6-13-7-10;/h9-10,13H,4-8H2,1-3H3;1H. The van der Waals surface area contributed by atoms with Gasteiger partial charge in [0.2, 0.25) is 0 Å². The monoisotopic (exact) mass is 278 g/mol. The normalized spacial score (nSPS) is 24.4.